The van der Waals surface area contributed by atoms with Crippen LogP contribution < -0.4 is 0 Å². The molecule has 0 fully saturated rings. The van der Waals surface area contributed by atoms with Crippen LogP contribution in [0.4, 0.5) is 13.2 Å². The van der Waals surface area contributed by atoms with Gasteiger partial charge in [-0.25, -0.2) is 0 Å². The Morgan fingerprint density at radius 2 is 1.46 bits per heavy atom. The van der Waals surface area contributed by atoms with E-state index in [0.29, 0.717) is 12.1 Å². The van der Waals surface area contributed by atoms with Crippen LogP contribution >= 0.6 is 0 Å². The molecule has 0 amide bonds. The van der Waals surface area contributed by atoms with Gasteiger partial charge in [-0.05, 0) is 28.5 Å². The average Bonchev–Trinajstić information content (AvgIpc) is 2.76. The predicted molar refractivity (Wildman–Crippen MR) is 102 cm³/mol. The summed E-state index contributed by atoms with van der Waals surface area (Å²) in [5.74, 6) is -0.360. The minimum atomic E-state index is -4.50. The molecule has 0 atom stereocenters. The third kappa shape index (κ3) is 3.18. The number of halogens is 3. The number of ketones is 1. The largest absolute Gasteiger partial charge is 0.418 e. The van der Waals surface area contributed by atoms with Gasteiger partial charge < -0.3 is 4.23 Å². The second kappa shape index (κ2) is 6.53. The summed E-state index contributed by atoms with van der Waals surface area (Å²) in [5.41, 5.74) is 0.318. The minimum absolute atomic E-state index is 0.0596. The van der Waals surface area contributed by atoms with E-state index in [4.69, 9.17) is 0 Å². The van der Waals surface area contributed by atoms with Gasteiger partial charge in [0.05, 0.1) is 5.56 Å². The molecule has 0 aromatic carbocycles. The molecule has 0 N–H and O–H groups in total. The van der Waals surface area contributed by atoms with Gasteiger partial charge in [0.2, 0.25) is 0 Å². The first-order valence-corrected chi connectivity index (χ1v) is 11.7. The fraction of sp³-hybridized carbons (Fsp3) is 0.750. The first-order valence-electron chi connectivity index (χ1n) is 9.51. The Kier molecular flexibility index (Phi) is 5.34. The molecule has 0 saturated carbocycles. The maximum absolute atomic E-state index is 13.8. The lowest BCUT2D eigenvalue weighted by Crippen LogP contribution is -2.53. The van der Waals surface area contributed by atoms with Crippen molar-refractivity contribution in [1.82, 2.24) is 4.23 Å². The third-order valence-electron chi connectivity index (χ3n) is 6.17. The zero-order chi connectivity index (χ0) is 20.2. The molecule has 0 bridgehead atoms. The van der Waals surface area contributed by atoms with Gasteiger partial charge in [-0.15, -0.1) is 0 Å². The molecule has 1 heterocycles. The molecule has 1 aromatic heterocycles. The number of alkyl halides is 3. The van der Waals surface area contributed by atoms with Crippen LogP contribution in [0.1, 0.15) is 83.4 Å². The molecule has 6 heteroatoms. The fourth-order valence-electron chi connectivity index (χ4n) is 5.47. The standard InChI is InChI=1S/C20H32F3NOSi/c1-12(2)26(13(3)4,14(5)6)24-11-15(20(21,22)23)18-16(24)9-19(7,8)10-17(18)25/h11-14H,9-10H2,1-8H3. The van der Waals surface area contributed by atoms with Crippen LogP contribution in [0.15, 0.2) is 6.20 Å². The quantitative estimate of drug-likeness (QED) is 0.528. The van der Waals surface area contributed by atoms with Gasteiger partial charge in [0.25, 0.3) is 0 Å². The molecular weight excluding hydrogens is 355 g/mol. The number of rotatable bonds is 4. The van der Waals surface area contributed by atoms with Gasteiger partial charge in [0.1, 0.15) is 0 Å². The normalized spacial score (nSPS) is 18.2. The lowest BCUT2D eigenvalue weighted by atomic mass is 9.75. The van der Waals surface area contributed by atoms with E-state index in [1.165, 1.54) is 6.20 Å². The number of nitrogens with zero attached hydrogens (tertiary/aromatic N) is 1. The van der Waals surface area contributed by atoms with Crippen molar-refractivity contribution >= 4 is 14.0 Å². The van der Waals surface area contributed by atoms with Crippen LogP contribution in [-0.2, 0) is 12.6 Å². The maximum Gasteiger partial charge on any atom is 0.418 e. The van der Waals surface area contributed by atoms with Crippen molar-refractivity contribution < 1.29 is 18.0 Å². The van der Waals surface area contributed by atoms with Gasteiger partial charge in [0.15, 0.2) is 14.0 Å². The number of hydrogen-bond donors (Lipinski definition) is 0. The first-order chi connectivity index (χ1) is 11.7. The van der Waals surface area contributed by atoms with Crippen LogP contribution in [0.2, 0.25) is 16.6 Å². The second-order valence-corrected chi connectivity index (χ2v) is 15.2. The van der Waals surface area contributed by atoms with E-state index in [0.717, 1.165) is 0 Å². The number of carbonyl (C=O) groups excluding carboxylic acids is 1. The Balaban J connectivity index is 2.92. The summed E-state index contributed by atoms with van der Waals surface area (Å²) in [4.78, 5) is 12.7. The van der Waals surface area contributed by atoms with Crippen LogP contribution in [-0.4, -0.2) is 18.3 Å². The lowest BCUT2D eigenvalue weighted by Gasteiger charge is -2.46. The summed E-state index contributed by atoms with van der Waals surface area (Å²) >= 11 is 0. The zero-order valence-corrected chi connectivity index (χ0v) is 18.2. The molecule has 148 valence electrons. The topological polar surface area (TPSA) is 22.0 Å². The Morgan fingerprint density at radius 3 is 1.85 bits per heavy atom. The molecule has 2 rings (SSSR count). The molecule has 0 saturated heterocycles. The zero-order valence-electron chi connectivity index (χ0n) is 17.2. The van der Waals surface area contributed by atoms with E-state index < -0.39 is 20.0 Å². The Bertz CT molecular complexity index is 677. The molecule has 0 unspecified atom stereocenters. The summed E-state index contributed by atoms with van der Waals surface area (Å²) < 4.78 is 43.4. The van der Waals surface area contributed by atoms with Crippen LogP contribution in [0.25, 0.3) is 0 Å². The highest BCUT2D eigenvalue weighted by Gasteiger charge is 2.51. The number of carbonyl (C=O) groups is 1. The van der Waals surface area contributed by atoms with Crippen molar-refractivity contribution in [2.75, 3.05) is 0 Å². The molecule has 0 aliphatic heterocycles. The van der Waals surface area contributed by atoms with Gasteiger partial charge >= 0.3 is 6.18 Å². The van der Waals surface area contributed by atoms with Gasteiger partial charge in [0, 0.05) is 23.9 Å². The highest BCUT2D eigenvalue weighted by molar-refractivity contribution is 6.82. The SMILES string of the molecule is CC(C)[Si](C(C)C)(C(C)C)n1cc(C(F)(F)F)c2c1CC(C)(C)CC2=O. The number of fused-ring (bicyclic) bond motifs is 1. The lowest BCUT2D eigenvalue weighted by molar-refractivity contribution is -0.137. The minimum Gasteiger partial charge on any atom is -0.376 e. The molecule has 1 aromatic rings. The highest BCUT2D eigenvalue weighted by Crippen LogP contribution is 2.49. The summed E-state index contributed by atoms with van der Waals surface area (Å²) in [6.45, 7) is 16.7. The van der Waals surface area contributed by atoms with E-state index in [9.17, 15) is 18.0 Å². The second-order valence-electron chi connectivity index (χ2n) is 9.52. The maximum atomic E-state index is 13.8. The van der Waals surface area contributed by atoms with E-state index in [1.54, 1.807) is 0 Å². The van der Waals surface area contributed by atoms with Crippen molar-refractivity contribution in [3.05, 3.63) is 23.0 Å². The van der Waals surface area contributed by atoms with Crippen molar-refractivity contribution in [1.29, 1.82) is 0 Å². The number of hydrogen-bond acceptors (Lipinski definition) is 1. The van der Waals surface area contributed by atoms with E-state index in [2.05, 4.69) is 41.5 Å². The monoisotopic (exact) mass is 387 g/mol. The molecule has 2 nitrogen and oxygen atoms in total. The summed E-state index contributed by atoms with van der Waals surface area (Å²) in [7, 11) is -2.37. The van der Waals surface area contributed by atoms with Crippen molar-refractivity contribution in [2.45, 2.75) is 91.0 Å². The van der Waals surface area contributed by atoms with Crippen molar-refractivity contribution in [2.24, 2.45) is 5.41 Å². The molecular formula is C20H32F3NOSi. The number of Topliss-reactive ketones (excluding diaryl/α,β-unsaturated/α-hetero) is 1. The average molecular weight is 388 g/mol. The Labute approximate surface area is 156 Å². The van der Waals surface area contributed by atoms with Crippen molar-refractivity contribution in [3.8, 4) is 0 Å². The summed E-state index contributed by atoms with van der Waals surface area (Å²) in [5, 5.41) is 0. The molecule has 1 aliphatic rings. The molecule has 0 radical (unpaired) electrons. The smallest absolute Gasteiger partial charge is 0.376 e. The van der Waals surface area contributed by atoms with E-state index in [-0.39, 0.29) is 39.8 Å². The third-order valence-corrected chi connectivity index (χ3v) is 13.0. The van der Waals surface area contributed by atoms with Crippen LogP contribution in [0.3, 0.4) is 0 Å². The van der Waals surface area contributed by atoms with Gasteiger partial charge in [-0.3, -0.25) is 4.79 Å². The van der Waals surface area contributed by atoms with Crippen molar-refractivity contribution in [3.63, 3.8) is 0 Å². The van der Waals surface area contributed by atoms with Gasteiger partial charge in [-0.2, -0.15) is 13.2 Å². The predicted octanol–water partition coefficient (Wildman–Crippen LogP) is 6.69. The molecule has 1 aliphatic carbocycles. The summed E-state index contributed by atoms with van der Waals surface area (Å²) in [6, 6.07) is 0. The van der Waals surface area contributed by atoms with Crippen LogP contribution in [0.5, 0.6) is 0 Å². The Morgan fingerprint density at radius 1 is 1.00 bits per heavy atom. The fourth-order valence-corrected chi connectivity index (χ4v) is 12.1. The first kappa shape index (κ1) is 21.3. The molecule has 26 heavy (non-hydrogen) atoms. The summed E-state index contributed by atoms with van der Waals surface area (Å²) in [6.07, 6.45) is -2.52. The molecule has 0 spiro atoms. The highest BCUT2D eigenvalue weighted by atomic mass is 28.3. The van der Waals surface area contributed by atoms with E-state index in [1.807, 2.05) is 18.1 Å². The van der Waals surface area contributed by atoms with E-state index >= 15 is 0 Å². The van der Waals surface area contributed by atoms with Crippen LogP contribution in [0, 0.1) is 5.41 Å². The Hall–Kier alpha value is -1.04. The van der Waals surface area contributed by atoms with Gasteiger partial charge in [-0.1, -0.05) is 55.4 Å². The number of aromatic nitrogens is 1.